The third-order valence-corrected chi connectivity index (χ3v) is 14.9. The van der Waals surface area contributed by atoms with Crippen LogP contribution in [-0.4, -0.2) is 4.57 Å². The number of benzene rings is 8. The van der Waals surface area contributed by atoms with Crippen LogP contribution in [0.15, 0.2) is 182 Å². The van der Waals surface area contributed by atoms with E-state index in [2.05, 4.69) is 191 Å². The first-order valence-corrected chi connectivity index (χ1v) is 21.4. The van der Waals surface area contributed by atoms with E-state index in [-0.39, 0.29) is 5.41 Å². The number of hydrogen-bond donors (Lipinski definition) is 0. The van der Waals surface area contributed by atoms with Crippen molar-refractivity contribution < 1.29 is 0 Å². The lowest BCUT2D eigenvalue weighted by Crippen LogP contribution is -2.55. The highest BCUT2D eigenvalue weighted by Crippen LogP contribution is 2.69. The van der Waals surface area contributed by atoms with Crippen LogP contribution in [0.4, 0.5) is 17.1 Å². The first-order valence-electron chi connectivity index (χ1n) is 21.4. The van der Waals surface area contributed by atoms with E-state index >= 15 is 0 Å². The number of hydrogen-bond acceptors (Lipinski definition) is 1. The summed E-state index contributed by atoms with van der Waals surface area (Å²) in [4.78, 5) is 2.44. The maximum atomic E-state index is 2.62. The molecule has 0 aliphatic heterocycles. The van der Waals surface area contributed by atoms with E-state index in [0.717, 1.165) is 40.7 Å². The van der Waals surface area contributed by atoms with Crippen molar-refractivity contribution >= 4 is 49.6 Å². The van der Waals surface area contributed by atoms with Gasteiger partial charge in [-0.15, -0.1) is 0 Å². The molecule has 1 spiro atoms. The van der Waals surface area contributed by atoms with Crippen molar-refractivity contribution in [1.82, 2.24) is 4.57 Å². The summed E-state index contributed by atoms with van der Waals surface area (Å²) in [5.74, 6) is 3.40. The molecule has 1 aromatic heterocycles. The van der Waals surface area contributed by atoms with E-state index in [1.807, 2.05) is 0 Å². The van der Waals surface area contributed by atoms with Gasteiger partial charge in [0.2, 0.25) is 0 Å². The molecule has 0 atom stereocenters. The van der Waals surface area contributed by atoms with Crippen LogP contribution >= 0.6 is 0 Å². The minimum absolute atomic E-state index is 0.170. The molecule has 8 aromatic carbocycles. The second-order valence-corrected chi connectivity index (χ2v) is 17.8. The topological polar surface area (TPSA) is 8.17 Å². The quantitative estimate of drug-likeness (QED) is 0.170. The Labute approximate surface area is 340 Å². The van der Waals surface area contributed by atoms with Gasteiger partial charge >= 0.3 is 0 Å². The minimum atomic E-state index is 0.170. The average Bonchev–Trinajstić information content (AvgIpc) is 3.76. The van der Waals surface area contributed by atoms with Crippen LogP contribution in [0.5, 0.6) is 0 Å². The first-order chi connectivity index (χ1) is 28.7. The highest BCUT2D eigenvalue weighted by Gasteiger charge is 2.61. The van der Waals surface area contributed by atoms with Crippen LogP contribution in [0.1, 0.15) is 43.2 Å². The van der Waals surface area contributed by atoms with Gasteiger partial charge in [0.25, 0.3) is 0 Å². The van der Waals surface area contributed by atoms with E-state index in [4.69, 9.17) is 0 Å². The van der Waals surface area contributed by atoms with Crippen LogP contribution < -0.4 is 4.90 Å². The second-order valence-electron chi connectivity index (χ2n) is 17.8. The number of rotatable bonds is 5. The zero-order valence-corrected chi connectivity index (χ0v) is 32.6. The Bertz CT molecular complexity index is 3050. The molecule has 2 heteroatoms. The standard InChI is InChI=1S/C56H44N2/c1-2-12-44(13-3-1)58-54-17-9-7-15-50(54)51-27-25-47(35-55(51)58)57(46-24-20-38-10-4-5-11-40(38)33-46)45-22-18-39(19-23-45)41-21-26-49-48-14-6-8-16-52(48)56(53(49)34-41)42-29-36-28-37(31-42)32-43(56)30-36/h1-27,33-37,42-43H,28-32H2. The predicted octanol–water partition coefficient (Wildman–Crippen LogP) is 14.8. The van der Waals surface area contributed by atoms with Gasteiger partial charge in [0, 0.05) is 38.9 Å². The minimum Gasteiger partial charge on any atom is -0.310 e. The summed E-state index contributed by atoms with van der Waals surface area (Å²) in [6.45, 7) is 0. The molecule has 2 nitrogen and oxygen atoms in total. The molecule has 0 radical (unpaired) electrons. The van der Waals surface area contributed by atoms with Gasteiger partial charge < -0.3 is 9.47 Å². The number of fused-ring (bicyclic) bond motifs is 7. The molecule has 14 rings (SSSR count). The first kappa shape index (κ1) is 32.7. The Morgan fingerprint density at radius 3 is 1.86 bits per heavy atom. The molecule has 4 saturated carbocycles. The fourth-order valence-electron chi connectivity index (χ4n) is 12.9. The summed E-state index contributed by atoms with van der Waals surface area (Å²) in [6, 6.07) is 68.4. The zero-order chi connectivity index (χ0) is 38.0. The van der Waals surface area contributed by atoms with E-state index in [1.165, 1.54) is 92.6 Å². The largest absolute Gasteiger partial charge is 0.310 e. The van der Waals surface area contributed by atoms with Gasteiger partial charge in [-0.25, -0.2) is 0 Å². The summed E-state index contributed by atoms with van der Waals surface area (Å²) >= 11 is 0. The van der Waals surface area contributed by atoms with Gasteiger partial charge in [-0.05, 0) is 161 Å². The Kier molecular flexibility index (Phi) is 6.94. The van der Waals surface area contributed by atoms with Gasteiger partial charge in [-0.1, -0.05) is 121 Å². The van der Waals surface area contributed by atoms with E-state index in [0.29, 0.717) is 0 Å². The van der Waals surface area contributed by atoms with Crippen LogP contribution in [-0.2, 0) is 5.41 Å². The molecule has 9 aromatic rings. The van der Waals surface area contributed by atoms with Gasteiger partial charge in [-0.2, -0.15) is 0 Å². The SMILES string of the molecule is c1ccc(-n2c3ccccc3c3ccc(N(c4ccc(-c5ccc6c(c5)C5(c7ccccc7-6)C6CC7CC(C6)CC5C7)cc4)c4ccc5ccccc5c4)cc32)cc1. The van der Waals surface area contributed by atoms with Gasteiger partial charge in [-0.3, -0.25) is 0 Å². The number of aromatic nitrogens is 1. The van der Waals surface area contributed by atoms with Crippen LogP contribution in [0.25, 0.3) is 60.5 Å². The van der Waals surface area contributed by atoms with Crippen molar-refractivity contribution in [2.75, 3.05) is 4.90 Å². The fourth-order valence-corrected chi connectivity index (χ4v) is 12.9. The van der Waals surface area contributed by atoms with Gasteiger partial charge in [0.1, 0.15) is 0 Å². The molecule has 5 aliphatic carbocycles. The lowest BCUT2D eigenvalue weighted by Gasteiger charge is -2.61. The predicted molar refractivity (Wildman–Crippen MR) is 242 cm³/mol. The van der Waals surface area contributed by atoms with Crippen molar-refractivity contribution in [3.05, 3.63) is 193 Å². The second kappa shape index (κ2) is 12.3. The van der Waals surface area contributed by atoms with Crippen LogP contribution in [0, 0.1) is 23.7 Å². The Balaban J connectivity index is 0.949. The summed E-state index contributed by atoms with van der Waals surface area (Å²) in [7, 11) is 0. The number of anilines is 3. The molecular weight excluding hydrogens is 701 g/mol. The molecule has 0 amide bonds. The average molecular weight is 745 g/mol. The summed E-state index contributed by atoms with van der Waals surface area (Å²) < 4.78 is 2.41. The normalized spacial score (nSPS) is 22.6. The molecule has 1 heterocycles. The van der Waals surface area contributed by atoms with Crippen molar-refractivity contribution in [2.45, 2.75) is 37.5 Å². The summed E-state index contributed by atoms with van der Waals surface area (Å²) in [5, 5.41) is 5.01. The number of para-hydroxylation sites is 2. The highest BCUT2D eigenvalue weighted by molar-refractivity contribution is 6.10. The number of nitrogens with zero attached hydrogens (tertiary/aromatic N) is 2. The Morgan fingerprint density at radius 1 is 0.414 bits per heavy atom. The molecule has 5 aliphatic rings. The molecule has 4 fully saturated rings. The summed E-state index contributed by atoms with van der Waals surface area (Å²) in [5.41, 5.74) is 16.0. The van der Waals surface area contributed by atoms with Gasteiger partial charge in [0.05, 0.1) is 11.0 Å². The van der Waals surface area contributed by atoms with Crippen molar-refractivity contribution in [1.29, 1.82) is 0 Å². The molecule has 4 bridgehead atoms. The van der Waals surface area contributed by atoms with Gasteiger partial charge in [0.15, 0.2) is 0 Å². The molecule has 0 N–H and O–H groups in total. The van der Waals surface area contributed by atoms with Crippen molar-refractivity contribution in [2.24, 2.45) is 23.7 Å². The third-order valence-electron chi connectivity index (χ3n) is 14.9. The lowest BCUT2D eigenvalue weighted by atomic mass is 9.43. The van der Waals surface area contributed by atoms with E-state index in [9.17, 15) is 0 Å². The highest BCUT2D eigenvalue weighted by atomic mass is 15.1. The third kappa shape index (κ3) is 4.60. The Morgan fingerprint density at radius 2 is 1.03 bits per heavy atom. The molecule has 0 unspecified atom stereocenters. The smallest absolute Gasteiger partial charge is 0.0561 e. The maximum Gasteiger partial charge on any atom is 0.0561 e. The molecule has 58 heavy (non-hydrogen) atoms. The van der Waals surface area contributed by atoms with Crippen molar-refractivity contribution in [3.63, 3.8) is 0 Å². The molecular formula is C56H44N2. The van der Waals surface area contributed by atoms with E-state index < -0.39 is 0 Å². The fraction of sp³-hybridized carbons (Fsp3) is 0.179. The zero-order valence-electron chi connectivity index (χ0n) is 32.6. The molecule has 0 saturated heterocycles. The maximum absolute atomic E-state index is 2.62. The lowest BCUT2D eigenvalue weighted by molar-refractivity contribution is -0.0399. The van der Waals surface area contributed by atoms with E-state index in [1.54, 1.807) is 11.1 Å². The summed E-state index contributed by atoms with van der Waals surface area (Å²) in [6.07, 6.45) is 7.10. The van der Waals surface area contributed by atoms with Crippen molar-refractivity contribution in [3.8, 4) is 27.9 Å². The van der Waals surface area contributed by atoms with Crippen LogP contribution in [0.2, 0.25) is 0 Å². The Hall–Kier alpha value is -6.38. The monoisotopic (exact) mass is 744 g/mol. The molecule has 278 valence electrons. The van der Waals surface area contributed by atoms with Crippen LogP contribution in [0.3, 0.4) is 0 Å².